The number of hydrogen-bond donors (Lipinski definition) is 1. The fourth-order valence-corrected chi connectivity index (χ4v) is 3.03. The number of nitrogens with one attached hydrogen (secondary N) is 1. The van der Waals surface area contributed by atoms with E-state index in [1.165, 1.54) is 31.4 Å². The molecule has 1 heterocycles. The van der Waals surface area contributed by atoms with Crippen LogP contribution in [0.2, 0.25) is 0 Å². The summed E-state index contributed by atoms with van der Waals surface area (Å²) in [7, 11) is 0. The Morgan fingerprint density at radius 2 is 1.84 bits per heavy atom. The van der Waals surface area contributed by atoms with Gasteiger partial charge in [-0.3, -0.25) is 4.68 Å². The summed E-state index contributed by atoms with van der Waals surface area (Å²) in [6, 6.07) is 1.07. The Kier molecular flexibility index (Phi) is 4.22. The molecule has 0 aromatic carbocycles. The Bertz CT molecular complexity index is 392. The lowest BCUT2D eigenvalue weighted by Gasteiger charge is -2.37. The van der Waals surface area contributed by atoms with Crippen LogP contribution in [0.4, 0.5) is 5.69 Å². The van der Waals surface area contributed by atoms with E-state index >= 15 is 0 Å². The first-order valence-corrected chi connectivity index (χ1v) is 7.67. The number of anilines is 1. The molecule has 1 aliphatic rings. The normalized spacial score (nSPS) is 24.7. The van der Waals surface area contributed by atoms with Gasteiger partial charge in [-0.25, -0.2) is 0 Å². The number of nitrogens with zero attached hydrogens (tertiary/aromatic N) is 2. The lowest BCUT2D eigenvalue weighted by atomic mass is 9.71. The number of rotatable bonds is 3. The molecule has 0 aliphatic heterocycles. The Balaban J connectivity index is 1.85. The summed E-state index contributed by atoms with van der Waals surface area (Å²) in [5.74, 6) is 0.879. The second kappa shape index (κ2) is 5.56. The quantitative estimate of drug-likeness (QED) is 0.871. The molecular formula is C16H29N3. The molecule has 1 aromatic heterocycles. The van der Waals surface area contributed by atoms with Crippen LogP contribution in [-0.2, 0) is 0 Å². The van der Waals surface area contributed by atoms with Gasteiger partial charge in [0.05, 0.1) is 11.9 Å². The maximum Gasteiger partial charge on any atom is 0.0728 e. The van der Waals surface area contributed by atoms with E-state index in [2.05, 4.69) is 51.2 Å². The molecule has 1 fully saturated rings. The van der Waals surface area contributed by atoms with E-state index in [-0.39, 0.29) is 0 Å². The lowest BCUT2D eigenvalue weighted by molar-refractivity contribution is 0.173. The lowest BCUT2D eigenvalue weighted by Crippen LogP contribution is -2.31. The maximum absolute atomic E-state index is 4.39. The van der Waals surface area contributed by atoms with E-state index < -0.39 is 0 Å². The zero-order chi connectivity index (χ0) is 14.0. The van der Waals surface area contributed by atoms with Crippen LogP contribution < -0.4 is 5.32 Å². The molecule has 1 aliphatic carbocycles. The van der Waals surface area contributed by atoms with Gasteiger partial charge in [-0.1, -0.05) is 20.8 Å². The Labute approximate surface area is 117 Å². The molecule has 0 bridgehead atoms. The SMILES string of the molecule is CC(C)n1cc(NC2CCC(C(C)(C)C)CC2)cn1. The van der Waals surface area contributed by atoms with Gasteiger partial charge in [0.2, 0.25) is 0 Å². The molecule has 19 heavy (non-hydrogen) atoms. The van der Waals surface area contributed by atoms with Crippen molar-refractivity contribution in [1.29, 1.82) is 0 Å². The molecule has 1 aromatic rings. The smallest absolute Gasteiger partial charge is 0.0728 e. The van der Waals surface area contributed by atoms with Crippen LogP contribution in [0.5, 0.6) is 0 Å². The summed E-state index contributed by atoms with van der Waals surface area (Å²) in [6.07, 6.45) is 9.35. The second-order valence-corrected chi connectivity index (χ2v) is 7.36. The van der Waals surface area contributed by atoms with Gasteiger partial charge >= 0.3 is 0 Å². The fraction of sp³-hybridized carbons (Fsp3) is 0.812. The average molecular weight is 263 g/mol. The summed E-state index contributed by atoms with van der Waals surface area (Å²) in [6.45, 7) is 11.4. The fourth-order valence-electron chi connectivity index (χ4n) is 3.03. The van der Waals surface area contributed by atoms with Crippen LogP contribution in [0.15, 0.2) is 12.4 Å². The van der Waals surface area contributed by atoms with Crippen LogP contribution in [0, 0.1) is 11.3 Å². The largest absolute Gasteiger partial charge is 0.380 e. The van der Waals surface area contributed by atoms with E-state index in [0.29, 0.717) is 17.5 Å². The Morgan fingerprint density at radius 3 is 2.32 bits per heavy atom. The highest BCUT2D eigenvalue weighted by Crippen LogP contribution is 2.38. The minimum Gasteiger partial charge on any atom is -0.380 e. The Hall–Kier alpha value is -0.990. The molecule has 3 heteroatoms. The first-order chi connectivity index (χ1) is 8.86. The number of aromatic nitrogens is 2. The third-order valence-electron chi connectivity index (χ3n) is 4.45. The molecule has 2 rings (SSSR count). The Morgan fingerprint density at radius 1 is 1.21 bits per heavy atom. The zero-order valence-electron chi connectivity index (χ0n) is 13.1. The molecular weight excluding hydrogens is 234 g/mol. The van der Waals surface area contributed by atoms with Crippen LogP contribution in [0.25, 0.3) is 0 Å². The summed E-state index contributed by atoms with van der Waals surface area (Å²) >= 11 is 0. The first-order valence-electron chi connectivity index (χ1n) is 7.67. The van der Waals surface area contributed by atoms with Crippen LogP contribution in [-0.4, -0.2) is 15.8 Å². The highest BCUT2D eigenvalue weighted by molar-refractivity contribution is 5.39. The monoisotopic (exact) mass is 263 g/mol. The minimum atomic E-state index is 0.437. The van der Waals surface area contributed by atoms with Crippen molar-refractivity contribution in [2.24, 2.45) is 11.3 Å². The third kappa shape index (κ3) is 3.74. The van der Waals surface area contributed by atoms with Gasteiger partial charge in [-0.05, 0) is 50.9 Å². The van der Waals surface area contributed by atoms with Crippen molar-refractivity contribution in [2.45, 2.75) is 72.4 Å². The average Bonchev–Trinajstić information content (AvgIpc) is 2.77. The van der Waals surface area contributed by atoms with Gasteiger partial charge in [0.25, 0.3) is 0 Å². The summed E-state index contributed by atoms with van der Waals surface area (Å²) in [5.41, 5.74) is 1.64. The molecule has 0 saturated heterocycles. The van der Waals surface area contributed by atoms with Crippen LogP contribution in [0.1, 0.15) is 66.3 Å². The van der Waals surface area contributed by atoms with Crippen molar-refractivity contribution in [3.63, 3.8) is 0 Å². The van der Waals surface area contributed by atoms with Crippen molar-refractivity contribution in [2.75, 3.05) is 5.32 Å². The van der Waals surface area contributed by atoms with Gasteiger partial charge in [0.15, 0.2) is 0 Å². The van der Waals surface area contributed by atoms with E-state index in [1.54, 1.807) is 0 Å². The predicted molar refractivity (Wildman–Crippen MR) is 81.4 cm³/mol. The molecule has 0 radical (unpaired) electrons. The summed E-state index contributed by atoms with van der Waals surface area (Å²) in [4.78, 5) is 0. The van der Waals surface area contributed by atoms with E-state index in [0.717, 1.165) is 5.92 Å². The summed E-state index contributed by atoms with van der Waals surface area (Å²) in [5, 5.41) is 8.03. The van der Waals surface area contributed by atoms with Gasteiger partial charge < -0.3 is 5.32 Å². The molecule has 0 atom stereocenters. The van der Waals surface area contributed by atoms with Crippen molar-refractivity contribution in [3.05, 3.63) is 12.4 Å². The molecule has 108 valence electrons. The highest BCUT2D eigenvalue weighted by atomic mass is 15.3. The van der Waals surface area contributed by atoms with Gasteiger partial charge in [0, 0.05) is 18.3 Å². The predicted octanol–water partition coefficient (Wildman–Crippen LogP) is 4.48. The third-order valence-corrected chi connectivity index (χ3v) is 4.45. The molecule has 1 saturated carbocycles. The van der Waals surface area contributed by atoms with Gasteiger partial charge in [-0.15, -0.1) is 0 Å². The molecule has 0 amide bonds. The van der Waals surface area contributed by atoms with Crippen molar-refractivity contribution >= 4 is 5.69 Å². The van der Waals surface area contributed by atoms with Crippen molar-refractivity contribution in [1.82, 2.24) is 9.78 Å². The standard InChI is InChI=1S/C16H29N3/c1-12(2)19-11-15(10-17-19)18-14-8-6-13(7-9-14)16(3,4)5/h10-14,18H,6-9H2,1-5H3. The molecule has 0 unspecified atom stereocenters. The summed E-state index contributed by atoms with van der Waals surface area (Å²) < 4.78 is 2.02. The zero-order valence-corrected chi connectivity index (χ0v) is 13.1. The topological polar surface area (TPSA) is 29.9 Å². The van der Waals surface area contributed by atoms with Gasteiger partial charge in [0.1, 0.15) is 0 Å². The number of hydrogen-bond acceptors (Lipinski definition) is 2. The van der Waals surface area contributed by atoms with Crippen LogP contribution in [0.3, 0.4) is 0 Å². The van der Waals surface area contributed by atoms with Crippen molar-refractivity contribution < 1.29 is 0 Å². The molecule has 3 nitrogen and oxygen atoms in total. The van der Waals surface area contributed by atoms with Crippen LogP contribution >= 0.6 is 0 Å². The van der Waals surface area contributed by atoms with E-state index in [1.807, 2.05) is 10.9 Å². The minimum absolute atomic E-state index is 0.437. The van der Waals surface area contributed by atoms with E-state index in [9.17, 15) is 0 Å². The van der Waals surface area contributed by atoms with E-state index in [4.69, 9.17) is 0 Å². The first kappa shape index (κ1) is 14.4. The maximum atomic E-state index is 4.39. The molecule has 0 spiro atoms. The van der Waals surface area contributed by atoms with Gasteiger partial charge in [-0.2, -0.15) is 5.10 Å². The van der Waals surface area contributed by atoms with Crippen molar-refractivity contribution in [3.8, 4) is 0 Å². The highest BCUT2D eigenvalue weighted by Gasteiger charge is 2.29. The second-order valence-electron chi connectivity index (χ2n) is 7.36. The molecule has 1 N–H and O–H groups in total.